The van der Waals surface area contributed by atoms with Gasteiger partial charge in [0.2, 0.25) is 5.91 Å². The molecule has 28 heavy (non-hydrogen) atoms. The molecule has 1 aromatic carbocycles. The second-order valence-corrected chi connectivity index (χ2v) is 8.44. The van der Waals surface area contributed by atoms with Crippen molar-refractivity contribution in [2.75, 3.05) is 20.2 Å². The Kier molecular flexibility index (Phi) is 6.59. The lowest BCUT2D eigenvalue weighted by Crippen LogP contribution is -2.54. The normalized spacial score (nSPS) is 22.6. The number of methoxy groups -OCH3 is 1. The first-order valence-electron chi connectivity index (χ1n) is 9.62. The number of amidine groups is 1. The van der Waals surface area contributed by atoms with Crippen LogP contribution in [-0.2, 0) is 9.53 Å². The summed E-state index contributed by atoms with van der Waals surface area (Å²) >= 11 is 3.46. The number of rotatable bonds is 5. The number of hydrogen-bond acceptors (Lipinski definition) is 5. The maximum Gasteiger partial charge on any atom is 0.407 e. The molecule has 2 aliphatic rings. The summed E-state index contributed by atoms with van der Waals surface area (Å²) in [7, 11) is 1.30. The van der Waals surface area contributed by atoms with Gasteiger partial charge in [-0.3, -0.25) is 9.79 Å². The third-order valence-electron chi connectivity index (χ3n) is 5.28. The second kappa shape index (κ2) is 8.94. The minimum Gasteiger partial charge on any atom is -0.453 e. The summed E-state index contributed by atoms with van der Waals surface area (Å²) in [6.07, 6.45) is 1.20. The van der Waals surface area contributed by atoms with Crippen molar-refractivity contribution in [3.05, 3.63) is 34.3 Å². The number of nitrogens with one attached hydrogen (secondary N) is 2. The summed E-state index contributed by atoms with van der Waals surface area (Å²) in [5, 5.41) is 6.18. The highest BCUT2D eigenvalue weighted by atomic mass is 79.9. The number of benzene rings is 1. The Labute approximate surface area is 174 Å². The number of alkyl carbamates (subject to hydrolysis) is 1. The minimum absolute atomic E-state index is 0.0400. The van der Waals surface area contributed by atoms with Crippen LogP contribution in [0.15, 0.2) is 33.7 Å². The number of carbonyl (C=O) groups is 2. The fraction of sp³-hybridized carbons (Fsp3) is 0.550. The van der Waals surface area contributed by atoms with Crippen molar-refractivity contribution in [2.45, 2.75) is 44.8 Å². The maximum absolute atomic E-state index is 13.2. The van der Waals surface area contributed by atoms with E-state index in [1.807, 2.05) is 30.9 Å². The largest absolute Gasteiger partial charge is 0.453 e. The van der Waals surface area contributed by atoms with E-state index in [4.69, 9.17) is 4.99 Å². The molecule has 1 unspecified atom stereocenters. The highest BCUT2D eigenvalue weighted by Crippen LogP contribution is 2.26. The van der Waals surface area contributed by atoms with Gasteiger partial charge in [0.05, 0.1) is 25.7 Å². The number of ether oxygens (including phenoxy) is 1. The first-order valence-corrected chi connectivity index (χ1v) is 10.4. The Morgan fingerprint density at radius 2 is 2.04 bits per heavy atom. The summed E-state index contributed by atoms with van der Waals surface area (Å²) < 4.78 is 5.72. The van der Waals surface area contributed by atoms with E-state index < -0.39 is 12.1 Å². The highest BCUT2D eigenvalue weighted by molar-refractivity contribution is 9.10. The molecular weight excluding hydrogens is 424 g/mol. The SMILES string of the molecule is COC(=O)N[C@H](C(=O)N1CCC[C@H]1C1=NCC(c2ccc(Br)cc2)N1)C(C)C. The van der Waals surface area contributed by atoms with Gasteiger partial charge in [0.15, 0.2) is 0 Å². The smallest absolute Gasteiger partial charge is 0.407 e. The Morgan fingerprint density at radius 3 is 2.68 bits per heavy atom. The molecule has 2 heterocycles. The van der Waals surface area contributed by atoms with Gasteiger partial charge in [0.1, 0.15) is 11.9 Å². The lowest BCUT2D eigenvalue weighted by Gasteiger charge is -2.31. The topological polar surface area (TPSA) is 83.0 Å². The lowest BCUT2D eigenvalue weighted by molar-refractivity contribution is -0.134. The molecule has 1 fully saturated rings. The van der Waals surface area contributed by atoms with Crippen LogP contribution < -0.4 is 10.6 Å². The lowest BCUT2D eigenvalue weighted by atomic mass is 10.0. The van der Waals surface area contributed by atoms with Gasteiger partial charge in [-0.1, -0.05) is 41.9 Å². The molecule has 8 heteroatoms. The molecule has 152 valence electrons. The predicted octanol–water partition coefficient (Wildman–Crippen LogP) is 2.86. The Hall–Kier alpha value is -2.09. The van der Waals surface area contributed by atoms with Gasteiger partial charge < -0.3 is 20.3 Å². The predicted molar refractivity (Wildman–Crippen MR) is 111 cm³/mol. The monoisotopic (exact) mass is 450 g/mol. The quantitative estimate of drug-likeness (QED) is 0.722. The number of likely N-dealkylation sites (tertiary alicyclic amines) is 1. The molecule has 7 nitrogen and oxygen atoms in total. The van der Waals surface area contributed by atoms with Gasteiger partial charge >= 0.3 is 6.09 Å². The van der Waals surface area contributed by atoms with Crippen molar-refractivity contribution in [3.63, 3.8) is 0 Å². The number of halogens is 1. The maximum atomic E-state index is 13.2. The van der Waals surface area contributed by atoms with Crippen LogP contribution in [0.5, 0.6) is 0 Å². The molecule has 2 amide bonds. The van der Waals surface area contributed by atoms with Crippen LogP contribution in [0.4, 0.5) is 4.79 Å². The van der Waals surface area contributed by atoms with E-state index in [-0.39, 0.29) is 23.9 Å². The van der Waals surface area contributed by atoms with Gasteiger partial charge in [-0.2, -0.15) is 0 Å². The van der Waals surface area contributed by atoms with Gasteiger partial charge in [-0.15, -0.1) is 0 Å². The zero-order chi connectivity index (χ0) is 20.3. The van der Waals surface area contributed by atoms with E-state index in [0.717, 1.165) is 23.1 Å². The van der Waals surface area contributed by atoms with Crippen LogP contribution in [0.25, 0.3) is 0 Å². The van der Waals surface area contributed by atoms with E-state index in [9.17, 15) is 9.59 Å². The van der Waals surface area contributed by atoms with Crippen molar-refractivity contribution >= 4 is 33.8 Å². The average molecular weight is 451 g/mol. The van der Waals surface area contributed by atoms with Gasteiger partial charge in [0.25, 0.3) is 0 Å². The summed E-state index contributed by atoms with van der Waals surface area (Å²) in [6.45, 7) is 5.15. The molecule has 0 radical (unpaired) electrons. The van der Waals surface area contributed by atoms with Gasteiger partial charge in [-0.05, 0) is 36.5 Å². The van der Waals surface area contributed by atoms with E-state index >= 15 is 0 Å². The van der Waals surface area contributed by atoms with E-state index in [1.54, 1.807) is 0 Å². The Morgan fingerprint density at radius 1 is 1.32 bits per heavy atom. The average Bonchev–Trinajstić information content (AvgIpc) is 3.34. The fourth-order valence-corrected chi connectivity index (χ4v) is 4.00. The van der Waals surface area contributed by atoms with E-state index in [1.165, 1.54) is 12.7 Å². The first-order chi connectivity index (χ1) is 13.4. The summed E-state index contributed by atoms with van der Waals surface area (Å²) in [5.74, 6) is 0.737. The third kappa shape index (κ3) is 4.48. The molecule has 3 rings (SSSR count). The second-order valence-electron chi connectivity index (χ2n) is 7.52. The van der Waals surface area contributed by atoms with Crippen molar-refractivity contribution in [3.8, 4) is 0 Å². The van der Waals surface area contributed by atoms with E-state index in [2.05, 4.69) is 43.4 Å². The Balaban J connectivity index is 1.69. The van der Waals surface area contributed by atoms with Crippen LogP contribution in [-0.4, -0.2) is 55.0 Å². The number of hydrogen-bond donors (Lipinski definition) is 2. The van der Waals surface area contributed by atoms with Crippen molar-refractivity contribution in [2.24, 2.45) is 10.9 Å². The van der Waals surface area contributed by atoms with Crippen LogP contribution >= 0.6 is 15.9 Å². The molecule has 1 saturated heterocycles. The Bertz CT molecular complexity index is 750. The number of nitrogens with zero attached hydrogens (tertiary/aromatic N) is 2. The van der Waals surface area contributed by atoms with Crippen LogP contribution in [0, 0.1) is 5.92 Å². The van der Waals surface area contributed by atoms with Crippen LogP contribution in [0.2, 0.25) is 0 Å². The summed E-state index contributed by atoms with van der Waals surface area (Å²) in [6, 6.07) is 7.62. The minimum atomic E-state index is -0.614. The molecule has 0 saturated carbocycles. The fourth-order valence-electron chi connectivity index (χ4n) is 3.74. The molecule has 0 aliphatic carbocycles. The van der Waals surface area contributed by atoms with Crippen molar-refractivity contribution < 1.29 is 14.3 Å². The zero-order valence-corrected chi connectivity index (χ0v) is 18.0. The molecule has 1 aromatic rings. The number of amides is 2. The highest BCUT2D eigenvalue weighted by Gasteiger charge is 2.39. The first kappa shape index (κ1) is 20.6. The molecule has 0 aromatic heterocycles. The summed E-state index contributed by atoms with van der Waals surface area (Å²) in [4.78, 5) is 31.4. The molecule has 0 spiro atoms. The van der Waals surface area contributed by atoms with Gasteiger partial charge in [0, 0.05) is 11.0 Å². The number of carbonyl (C=O) groups excluding carboxylic acids is 2. The number of aliphatic imine (C=N–C) groups is 1. The third-order valence-corrected chi connectivity index (χ3v) is 5.81. The molecule has 2 aliphatic heterocycles. The van der Waals surface area contributed by atoms with E-state index in [0.29, 0.717) is 13.1 Å². The van der Waals surface area contributed by atoms with Gasteiger partial charge in [-0.25, -0.2) is 4.79 Å². The van der Waals surface area contributed by atoms with Crippen molar-refractivity contribution in [1.82, 2.24) is 15.5 Å². The van der Waals surface area contributed by atoms with Crippen LogP contribution in [0.1, 0.15) is 38.3 Å². The molecule has 3 atom stereocenters. The standard InChI is InChI=1S/C20H27BrN4O3/c1-12(2)17(24-20(27)28-3)19(26)25-10-4-5-16(25)18-22-11-15(23-18)13-6-8-14(21)9-7-13/h6-9,12,15-17H,4-5,10-11H2,1-3H3,(H,22,23)(H,24,27)/t15?,16-,17-/m0/s1. The summed E-state index contributed by atoms with van der Waals surface area (Å²) in [5.41, 5.74) is 1.17. The zero-order valence-electron chi connectivity index (χ0n) is 16.4. The molecule has 0 bridgehead atoms. The molecular formula is C20H27BrN4O3. The van der Waals surface area contributed by atoms with Crippen LogP contribution in [0.3, 0.4) is 0 Å². The van der Waals surface area contributed by atoms with Crippen molar-refractivity contribution in [1.29, 1.82) is 0 Å². The molecule has 2 N–H and O–H groups in total.